The van der Waals surface area contributed by atoms with Gasteiger partial charge in [0.15, 0.2) is 5.16 Å². The SMILES string of the molecule is Cc1cccc(NC(=O)CSc2nc3c(oc4ccccc43)c(=O)n2-c2ccccc2F)c1C. The summed E-state index contributed by atoms with van der Waals surface area (Å²) in [5.74, 6) is -0.857. The van der Waals surface area contributed by atoms with Gasteiger partial charge in [-0.3, -0.25) is 9.59 Å². The third-order valence-corrected chi connectivity index (χ3v) is 6.61. The highest BCUT2D eigenvalue weighted by atomic mass is 32.2. The molecule has 2 heterocycles. The average molecular weight is 474 g/mol. The molecule has 170 valence electrons. The third kappa shape index (κ3) is 3.86. The molecule has 3 aromatic carbocycles. The number of fused-ring (bicyclic) bond motifs is 3. The molecule has 34 heavy (non-hydrogen) atoms. The fourth-order valence-corrected chi connectivity index (χ4v) is 4.57. The number of hydrogen-bond acceptors (Lipinski definition) is 5. The molecule has 5 rings (SSSR count). The van der Waals surface area contributed by atoms with Crippen LogP contribution in [0, 0.1) is 19.7 Å². The molecule has 0 bridgehead atoms. The van der Waals surface area contributed by atoms with E-state index in [4.69, 9.17) is 4.42 Å². The first kappa shape index (κ1) is 21.9. The number of benzene rings is 3. The maximum atomic E-state index is 14.7. The van der Waals surface area contributed by atoms with Gasteiger partial charge in [0.05, 0.1) is 11.4 Å². The summed E-state index contributed by atoms with van der Waals surface area (Å²) in [7, 11) is 0. The largest absolute Gasteiger partial charge is 0.448 e. The van der Waals surface area contributed by atoms with Crippen molar-refractivity contribution in [3.63, 3.8) is 0 Å². The molecule has 0 aliphatic carbocycles. The van der Waals surface area contributed by atoms with Crippen molar-refractivity contribution < 1.29 is 13.6 Å². The highest BCUT2D eigenvalue weighted by Gasteiger charge is 2.21. The monoisotopic (exact) mass is 473 g/mol. The van der Waals surface area contributed by atoms with Crippen molar-refractivity contribution >= 4 is 45.4 Å². The normalized spacial score (nSPS) is 11.3. The van der Waals surface area contributed by atoms with E-state index in [2.05, 4.69) is 10.3 Å². The highest BCUT2D eigenvalue weighted by Crippen LogP contribution is 2.29. The van der Waals surface area contributed by atoms with Crippen LogP contribution in [0.3, 0.4) is 0 Å². The lowest BCUT2D eigenvalue weighted by molar-refractivity contribution is -0.113. The summed E-state index contributed by atoms with van der Waals surface area (Å²) in [4.78, 5) is 30.8. The van der Waals surface area contributed by atoms with E-state index in [0.29, 0.717) is 16.5 Å². The number of nitrogens with one attached hydrogen (secondary N) is 1. The van der Waals surface area contributed by atoms with Crippen LogP contribution in [-0.2, 0) is 4.79 Å². The van der Waals surface area contributed by atoms with Gasteiger partial charge in [-0.2, -0.15) is 0 Å². The number of rotatable bonds is 5. The van der Waals surface area contributed by atoms with Crippen molar-refractivity contribution in [2.75, 3.05) is 11.1 Å². The molecular weight excluding hydrogens is 453 g/mol. The summed E-state index contributed by atoms with van der Waals surface area (Å²) in [5, 5.41) is 3.78. The Hall–Kier alpha value is -3.91. The summed E-state index contributed by atoms with van der Waals surface area (Å²) in [6.45, 7) is 3.91. The standard InChI is InChI=1S/C26H20FN3O3S/c1-15-8-7-11-19(16(15)2)28-22(31)14-34-26-29-23-17-9-3-6-13-21(17)33-24(23)25(32)30(26)20-12-5-4-10-18(20)27/h3-13H,14H2,1-2H3,(H,28,31). The number of furan rings is 1. The molecule has 5 aromatic rings. The van der Waals surface area contributed by atoms with E-state index >= 15 is 0 Å². The van der Waals surface area contributed by atoms with E-state index in [1.165, 1.54) is 12.1 Å². The van der Waals surface area contributed by atoms with Crippen molar-refractivity contribution in [2.45, 2.75) is 19.0 Å². The lowest BCUT2D eigenvalue weighted by Crippen LogP contribution is -2.23. The second-order valence-electron chi connectivity index (χ2n) is 7.85. The second kappa shape index (κ2) is 8.79. The first-order valence-electron chi connectivity index (χ1n) is 10.6. The molecule has 0 spiro atoms. The number of hydrogen-bond donors (Lipinski definition) is 1. The van der Waals surface area contributed by atoms with Crippen LogP contribution in [0.1, 0.15) is 11.1 Å². The summed E-state index contributed by atoms with van der Waals surface area (Å²) in [6.07, 6.45) is 0. The molecule has 1 amide bonds. The molecule has 0 aliphatic heterocycles. The molecule has 0 atom stereocenters. The van der Waals surface area contributed by atoms with E-state index in [0.717, 1.165) is 33.1 Å². The molecule has 0 fully saturated rings. The minimum absolute atomic E-state index is 0.0183. The lowest BCUT2D eigenvalue weighted by atomic mass is 10.1. The molecule has 0 saturated heterocycles. The number of para-hydroxylation sites is 2. The Morgan fingerprint density at radius 1 is 1.06 bits per heavy atom. The highest BCUT2D eigenvalue weighted by molar-refractivity contribution is 7.99. The molecule has 0 radical (unpaired) electrons. The minimum atomic E-state index is -0.580. The molecular formula is C26H20FN3O3S. The van der Waals surface area contributed by atoms with Crippen LogP contribution >= 0.6 is 11.8 Å². The van der Waals surface area contributed by atoms with Gasteiger partial charge in [-0.15, -0.1) is 0 Å². The van der Waals surface area contributed by atoms with Crippen molar-refractivity contribution in [3.8, 4) is 5.69 Å². The maximum absolute atomic E-state index is 14.7. The Balaban J connectivity index is 1.57. The fraction of sp³-hybridized carbons (Fsp3) is 0.115. The Labute approximate surface area is 198 Å². The van der Waals surface area contributed by atoms with E-state index in [1.54, 1.807) is 24.3 Å². The molecule has 0 unspecified atom stereocenters. The van der Waals surface area contributed by atoms with Gasteiger partial charge >= 0.3 is 5.56 Å². The number of thioether (sulfide) groups is 1. The number of aromatic nitrogens is 2. The predicted molar refractivity (Wildman–Crippen MR) is 132 cm³/mol. The van der Waals surface area contributed by atoms with Crippen LogP contribution in [-0.4, -0.2) is 21.2 Å². The third-order valence-electron chi connectivity index (χ3n) is 5.67. The predicted octanol–water partition coefficient (Wildman–Crippen LogP) is 5.62. The maximum Gasteiger partial charge on any atom is 0.302 e. The minimum Gasteiger partial charge on any atom is -0.448 e. The first-order chi connectivity index (χ1) is 16.4. The van der Waals surface area contributed by atoms with Crippen LogP contribution in [0.5, 0.6) is 0 Å². The van der Waals surface area contributed by atoms with Gasteiger partial charge in [0, 0.05) is 11.1 Å². The zero-order valence-electron chi connectivity index (χ0n) is 18.5. The topological polar surface area (TPSA) is 77.1 Å². The van der Waals surface area contributed by atoms with Crippen LogP contribution in [0.15, 0.2) is 81.1 Å². The van der Waals surface area contributed by atoms with Gasteiger partial charge in [-0.1, -0.05) is 48.2 Å². The van der Waals surface area contributed by atoms with E-state index < -0.39 is 11.4 Å². The van der Waals surface area contributed by atoms with Gasteiger partial charge in [0.1, 0.15) is 16.9 Å². The van der Waals surface area contributed by atoms with Gasteiger partial charge in [-0.25, -0.2) is 13.9 Å². The summed E-state index contributed by atoms with van der Waals surface area (Å²) in [5.41, 5.74) is 3.20. The summed E-state index contributed by atoms with van der Waals surface area (Å²) < 4.78 is 21.6. The van der Waals surface area contributed by atoms with Crippen molar-refractivity contribution in [3.05, 3.63) is 94.0 Å². The van der Waals surface area contributed by atoms with Gasteiger partial charge < -0.3 is 9.73 Å². The number of nitrogens with zero attached hydrogens (tertiary/aromatic N) is 2. The molecule has 1 N–H and O–H groups in total. The fourth-order valence-electron chi connectivity index (χ4n) is 3.77. The molecule has 8 heteroatoms. The zero-order valence-corrected chi connectivity index (χ0v) is 19.3. The van der Waals surface area contributed by atoms with E-state index in [1.807, 2.05) is 44.2 Å². The number of amides is 1. The van der Waals surface area contributed by atoms with Crippen molar-refractivity contribution in [1.29, 1.82) is 0 Å². The quantitative estimate of drug-likeness (QED) is 0.265. The van der Waals surface area contributed by atoms with Gasteiger partial charge in [0.25, 0.3) is 0 Å². The summed E-state index contributed by atoms with van der Waals surface area (Å²) >= 11 is 1.06. The number of halogens is 1. The van der Waals surface area contributed by atoms with Crippen LogP contribution < -0.4 is 10.9 Å². The number of carbonyl (C=O) groups excluding carboxylic acids is 1. The molecule has 2 aromatic heterocycles. The van der Waals surface area contributed by atoms with Crippen LogP contribution in [0.25, 0.3) is 27.8 Å². The number of carbonyl (C=O) groups is 1. The summed E-state index contributed by atoms with van der Waals surface area (Å²) in [6, 6.07) is 18.8. The van der Waals surface area contributed by atoms with Gasteiger partial charge in [-0.05, 0) is 55.3 Å². The molecule has 6 nitrogen and oxygen atoms in total. The second-order valence-corrected chi connectivity index (χ2v) is 8.79. The average Bonchev–Trinajstić information content (AvgIpc) is 3.21. The molecule has 0 aliphatic rings. The van der Waals surface area contributed by atoms with Crippen molar-refractivity contribution in [2.24, 2.45) is 0 Å². The van der Waals surface area contributed by atoms with E-state index in [9.17, 15) is 14.0 Å². The Bertz CT molecular complexity index is 1620. The van der Waals surface area contributed by atoms with E-state index in [-0.39, 0.29) is 28.1 Å². The Morgan fingerprint density at radius 3 is 2.65 bits per heavy atom. The zero-order chi connectivity index (χ0) is 23.8. The van der Waals surface area contributed by atoms with Crippen LogP contribution in [0.4, 0.5) is 10.1 Å². The lowest BCUT2D eigenvalue weighted by Gasteiger charge is -2.13. The Morgan fingerprint density at radius 2 is 1.82 bits per heavy atom. The van der Waals surface area contributed by atoms with Crippen LogP contribution in [0.2, 0.25) is 0 Å². The number of anilines is 1. The smallest absolute Gasteiger partial charge is 0.302 e. The first-order valence-corrected chi connectivity index (χ1v) is 11.6. The molecule has 0 saturated carbocycles. The number of aryl methyl sites for hydroxylation is 1. The van der Waals surface area contributed by atoms with Gasteiger partial charge in [0.2, 0.25) is 11.5 Å². The van der Waals surface area contributed by atoms with Crippen molar-refractivity contribution in [1.82, 2.24) is 9.55 Å². The Kier molecular flexibility index (Phi) is 5.67.